The van der Waals surface area contributed by atoms with Crippen LogP contribution >= 0.6 is 15.9 Å². The zero-order chi connectivity index (χ0) is 10.3. The van der Waals surface area contributed by atoms with E-state index in [0.717, 1.165) is 24.3 Å². The highest BCUT2D eigenvalue weighted by Gasteiger charge is 2.45. The van der Waals surface area contributed by atoms with Crippen LogP contribution in [0, 0.1) is 17.8 Å². The molecule has 0 aromatic carbocycles. The molecule has 3 heteroatoms. The number of fused-ring (bicyclic) bond motifs is 1. The summed E-state index contributed by atoms with van der Waals surface area (Å²) in [4.78, 5) is 11.6. The normalized spacial score (nSPS) is 35.2. The summed E-state index contributed by atoms with van der Waals surface area (Å²) in [5.41, 5.74) is 0. The summed E-state index contributed by atoms with van der Waals surface area (Å²) in [6.07, 6.45) is 4.13. The van der Waals surface area contributed by atoms with E-state index < -0.39 is 4.32 Å². The van der Waals surface area contributed by atoms with Crippen LogP contribution in [0.15, 0.2) is 0 Å². The highest BCUT2D eigenvalue weighted by Crippen LogP contribution is 2.54. The highest BCUT2D eigenvalue weighted by molar-refractivity contribution is 9.10. The van der Waals surface area contributed by atoms with Crippen molar-refractivity contribution in [3.63, 3.8) is 0 Å². The molecule has 0 heterocycles. The van der Waals surface area contributed by atoms with Gasteiger partial charge in [0.15, 0.2) is 0 Å². The molecule has 80 valence electrons. The molecule has 0 aliphatic heterocycles. The van der Waals surface area contributed by atoms with Gasteiger partial charge in [0.05, 0.1) is 4.32 Å². The Balaban J connectivity index is 1.70. The van der Waals surface area contributed by atoms with Crippen molar-refractivity contribution < 1.29 is 4.79 Å². The Morgan fingerprint density at radius 1 is 1.36 bits per heavy atom. The first-order valence-corrected chi connectivity index (χ1v) is 6.23. The molecule has 0 saturated heterocycles. The molecule has 14 heavy (non-hydrogen) atoms. The maximum atomic E-state index is 11.6. The molecule has 2 atom stereocenters. The maximum Gasteiger partial charge on any atom is 0.236 e. The molecule has 1 N–H and O–H groups in total. The van der Waals surface area contributed by atoms with Gasteiger partial charge < -0.3 is 5.32 Å². The van der Waals surface area contributed by atoms with E-state index in [-0.39, 0.29) is 5.91 Å². The predicted octanol–water partition coefficient (Wildman–Crippen LogP) is 2.32. The Kier molecular flexibility index (Phi) is 2.63. The van der Waals surface area contributed by atoms with Crippen molar-refractivity contribution in [2.24, 2.45) is 17.8 Å². The van der Waals surface area contributed by atoms with Crippen LogP contribution in [-0.4, -0.2) is 16.8 Å². The number of carbonyl (C=O) groups is 1. The SMILES string of the molecule is CC(C)(Br)C(=O)NCC1CC2CC2C1. The zero-order valence-electron chi connectivity index (χ0n) is 8.85. The van der Waals surface area contributed by atoms with Crippen molar-refractivity contribution in [3.05, 3.63) is 0 Å². The second-order valence-corrected chi connectivity index (χ2v) is 7.26. The lowest BCUT2D eigenvalue weighted by Gasteiger charge is -2.18. The van der Waals surface area contributed by atoms with Crippen molar-refractivity contribution in [2.75, 3.05) is 6.54 Å². The van der Waals surface area contributed by atoms with E-state index in [1.54, 1.807) is 0 Å². The molecule has 2 saturated carbocycles. The van der Waals surface area contributed by atoms with Gasteiger partial charge in [-0.3, -0.25) is 4.79 Å². The minimum absolute atomic E-state index is 0.109. The van der Waals surface area contributed by atoms with E-state index in [0.29, 0.717) is 0 Å². The first-order valence-electron chi connectivity index (χ1n) is 5.44. The standard InChI is InChI=1S/C11H18BrNO/c1-11(2,12)10(14)13-6-7-3-8-5-9(8)4-7/h7-9H,3-6H2,1-2H3,(H,13,14). The Labute approximate surface area is 94.0 Å². The summed E-state index contributed by atoms with van der Waals surface area (Å²) >= 11 is 3.36. The largest absolute Gasteiger partial charge is 0.355 e. The summed E-state index contributed by atoms with van der Waals surface area (Å²) in [7, 11) is 0. The van der Waals surface area contributed by atoms with Crippen LogP contribution in [0.25, 0.3) is 0 Å². The van der Waals surface area contributed by atoms with E-state index in [1.165, 1.54) is 19.3 Å². The highest BCUT2D eigenvalue weighted by atomic mass is 79.9. The quantitative estimate of drug-likeness (QED) is 0.775. The average molecular weight is 260 g/mol. The molecule has 1 amide bonds. The number of hydrogen-bond donors (Lipinski definition) is 1. The van der Waals surface area contributed by atoms with E-state index >= 15 is 0 Å². The van der Waals surface area contributed by atoms with Crippen LogP contribution in [0.3, 0.4) is 0 Å². The summed E-state index contributed by atoms with van der Waals surface area (Å²) in [5.74, 6) is 2.87. The summed E-state index contributed by atoms with van der Waals surface area (Å²) in [6.45, 7) is 4.64. The fourth-order valence-corrected chi connectivity index (χ4v) is 2.59. The van der Waals surface area contributed by atoms with E-state index in [9.17, 15) is 4.79 Å². The third-order valence-corrected chi connectivity index (χ3v) is 3.79. The number of carbonyl (C=O) groups excluding carboxylic acids is 1. The third-order valence-electron chi connectivity index (χ3n) is 3.43. The molecule has 0 aromatic heterocycles. The first kappa shape index (κ1) is 10.5. The topological polar surface area (TPSA) is 29.1 Å². The lowest BCUT2D eigenvalue weighted by atomic mass is 10.0. The van der Waals surface area contributed by atoms with Gasteiger partial charge in [-0.15, -0.1) is 0 Å². The fourth-order valence-electron chi connectivity index (χ4n) is 2.45. The van der Waals surface area contributed by atoms with Crippen LogP contribution in [0.1, 0.15) is 33.1 Å². The van der Waals surface area contributed by atoms with Crippen molar-refractivity contribution in [3.8, 4) is 0 Å². The Morgan fingerprint density at radius 3 is 2.43 bits per heavy atom. The number of halogens is 1. The predicted molar refractivity (Wildman–Crippen MR) is 60.3 cm³/mol. The van der Waals surface area contributed by atoms with E-state index in [2.05, 4.69) is 21.2 Å². The molecule has 0 bridgehead atoms. The van der Waals surface area contributed by atoms with Crippen LogP contribution in [-0.2, 0) is 4.79 Å². The molecule has 2 fully saturated rings. The van der Waals surface area contributed by atoms with Crippen molar-refractivity contribution in [1.82, 2.24) is 5.32 Å². The number of alkyl halides is 1. The second-order valence-electron chi connectivity index (χ2n) is 5.28. The Bertz CT molecular complexity index is 236. The van der Waals surface area contributed by atoms with E-state index in [4.69, 9.17) is 0 Å². The number of hydrogen-bond acceptors (Lipinski definition) is 1. The van der Waals surface area contributed by atoms with Crippen molar-refractivity contribution in [1.29, 1.82) is 0 Å². The third kappa shape index (κ3) is 2.30. The minimum atomic E-state index is -0.422. The number of rotatable bonds is 3. The molecule has 0 radical (unpaired) electrons. The van der Waals surface area contributed by atoms with Crippen LogP contribution in [0.4, 0.5) is 0 Å². The van der Waals surface area contributed by atoms with Gasteiger partial charge in [-0.1, -0.05) is 15.9 Å². The summed E-state index contributed by atoms with van der Waals surface area (Å²) in [5, 5.41) is 3.02. The van der Waals surface area contributed by atoms with Gasteiger partial charge in [-0.05, 0) is 50.9 Å². The lowest BCUT2D eigenvalue weighted by Crippen LogP contribution is -2.39. The molecule has 2 unspecified atom stereocenters. The molecule has 2 nitrogen and oxygen atoms in total. The molecule has 2 rings (SSSR count). The fraction of sp³-hybridized carbons (Fsp3) is 0.909. The van der Waals surface area contributed by atoms with Gasteiger partial charge in [0.1, 0.15) is 0 Å². The second kappa shape index (κ2) is 3.51. The van der Waals surface area contributed by atoms with Crippen molar-refractivity contribution in [2.45, 2.75) is 37.4 Å². The minimum Gasteiger partial charge on any atom is -0.355 e. The Morgan fingerprint density at radius 2 is 1.93 bits per heavy atom. The number of amides is 1. The van der Waals surface area contributed by atoms with Gasteiger partial charge in [-0.25, -0.2) is 0 Å². The van der Waals surface area contributed by atoms with Crippen LogP contribution < -0.4 is 5.32 Å². The van der Waals surface area contributed by atoms with Crippen molar-refractivity contribution >= 4 is 21.8 Å². The first-order chi connectivity index (χ1) is 6.47. The average Bonchev–Trinajstić information content (AvgIpc) is 2.68. The maximum absolute atomic E-state index is 11.6. The molecule has 2 aliphatic rings. The van der Waals surface area contributed by atoms with E-state index in [1.807, 2.05) is 13.8 Å². The molecule has 2 aliphatic carbocycles. The van der Waals surface area contributed by atoms with Gasteiger partial charge in [0.2, 0.25) is 5.91 Å². The summed E-state index contributed by atoms with van der Waals surface area (Å²) in [6, 6.07) is 0. The van der Waals surface area contributed by atoms with Gasteiger partial charge in [-0.2, -0.15) is 0 Å². The molecule has 0 spiro atoms. The Hall–Kier alpha value is -0.0500. The van der Waals surface area contributed by atoms with Crippen LogP contribution in [0.5, 0.6) is 0 Å². The monoisotopic (exact) mass is 259 g/mol. The van der Waals surface area contributed by atoms with Gasteiger partial charge >= 0.3 is 0 Å². The number of nitrogens with one attached hydrogen (secondary N) is 1. The van der Waals surface area contributed by atoms with Gasteiger partial charge in [0, 0.05) is 6.54 Å². The lowest BCUT2D eigenvalue weighted by molar-refractivity contribution is -0.122. The summed E-state index contributed by atoms with van der Waals surface area (Å²) < 4.78 is -0.422. The smallest absolute Gasteiger partial charge is 0.236 e. The zero-order valence-corrected chi connectivity index (χ0v) is 10.4. The molecular weight excluding hydrogens is 242 g/mol. The molecular formula is C11H18BrNO. The molecule has 0 aromatic rings. The van der Waals surface area contributed by atoms with Crippen LogP contribution in [0.2, 0.25) is 0 Å². The van der Waals surface area contributed by atoms with Gasteiger partial charge in [0.25, 0.3) is 0 Å².